The molecule has 0 spiro atoms. The lowest BCUT2D eigenvalue weighted by Crippen LogP contribution is -2.12. The normalized spacial score (nSPS) is 11.1. The molecule has 0 fully saturated rings. The van der Waals surface area contributed by atoms with Gasteiger partial charge in [0.25, 0.3) is 0 Å². The number of carbonyl (C=O) groups excluding carboxylic acids is 1. The molecule has 5 aromatic rings. The lowest BCUT2D eigenvalue weighted by Gasteiger charge is -2.13. The van der Waals surface area contributed by atoms with Crippen molar-refractivity contribution >= 4 is 45.5 Å². The van der Waals surface area contributed by atoms with Crippen LogP contribution in [0.25, 0.3) is 27.9 Å². The van der Waals surface area contributed by atoms with Gasteiger partial charge in [-0.15, -0.1) is 0 Å². The molecule has 5 rings (SSSR count). The summed E-state index contributed by atoms with van der Waals surface area (Å²) in [6.07, 6.45) is 6.96. The number of likely N-dealkylation sites (N-methyl/N-ethyl adjacent to an activating group) is 1. The van der Waals surface area contributed by atoms with E-state index < -0.39 is 0 Å². The Kier molecular flexibility index (Phi) is 8.60. The second-order valence-corrected chi connectivity index (χ2v) is 9.90. The number of hydrogen-bond donors (Lipinski definition) is 4. The van der Waals surface area contributed by atoms with Gasteiger partial charge in [0, 0.05) is 58.0 Å². The molecular weight excluding hydrogens is 526 g/mol. The van der Waals surface area contributed by atoms with Gasteiger partial charge in [0.05, 0.1) is 13.3 Å². The second kappa shape index (κ2) is 12.8. The maximum absolute atomic E-state index is 12.1. The van der Waals surface area contributed by atoms with Gasteiger partial charge in [-0.25, -0.2) is 9.97 Å². The van der Waals surface area contributed by atoms with Crippen LogP contribution in [0.3, 0.4) is 0 Å². The van der Waals surface area contributed by atoms with Gasteiger partial charge in [-0.05, 0) is 56.1 Å². The molecule has 1 amide bonds. The third-order valence-electron chi connectivity index (χ3n) is 6.47. The Morgan fingerprint density at radius 3 is 2.57 bits per heavy atom. The number of nitrogens with one attached hydrogen (secondary N) is 4. The third-order valence-corrected chi connectivity index (χ3v) is 6.47. The first-order valence-electron chi connectivity index (χ1n) is 13.4. The smallest absolute Gasteiger partial charge is 0.248 e. The minimum Gasteiger partial charge on any atom is -0.493 e. The zero-order chi connectivity index (χ0) is 29.5. The minimum absolute atomic E-state index is 0.166. The van der Waals surface area contributed by atoms with E-state index in [1.807, 2.05) is 104 Å². The number of aromatic amines is 1. The van der Waals surface area contributed by atoms with Crippen molar-refractivity contribution in [3.63, 3.8) is 0 Å². The molecule has 9 nitrogen and oxygen atoms in total. The summed E-state index contributed by atoms with van der Waals surface area (Å²) in [5.74, 6) is 0.866. The van der Waals surface area contributed by atoms with Crippen LogP contribution in [0.4, 0.5) is 23.0 Å². The Hall–Kier alpha value is -5.41. The number of fused-ring (bicyclic) bond motifs is 1. The van der Waals surface area contributed by atoms with Crippen molar-refractivity contribution in [1.29, 1.82) is 0 Å². The largest absolute Gasteiger partial charge is 0.493 e. The first-order valence-corrected chi connectivity index (χ1v) is 13.4. The van der Waals surface area contributed by atoms with Crippen LogP contribution in [-0.2, 0) is 4.79 Å². The van der Waals surface area contributed by atoms with Gasteiger partial charge in [0.2, 0.25) is 11.9 Å². The zero-order valence-electron chi connectivity index (χ0n) is 23.8. The number of amides is 1. The lowest BCUT2D eigenvalue weighted by molar-refractivity contribution is -0.111. The summed E-state index contributed by atoms with van der Waals surface area (Å²) in [6.45, 7) is 4.89. The van der Waals surface area contributed by atoms with Gasteiger partial charge in [0.1, 0.15) is 5.69 Å². The topological polar surface area (TPSA) is 107 Å². The number of ether oxygens (including phenoxy) is 1. The maximum atomic E-state index is 12.1. The van der Waals surface area contributed by atoms with Gasteiger partial charge < -0.3 is 30.6 Å². The number of hydrogen-bond acceptors (Lipinski definition) is 7. The van der Waals surface area contributed by atoms with Gasteiger partial charge in [0.15, 0.2) is 5.75 Å². The Labute approximate surface area is 245 Å². The minimum atomic E-state index is -0.166. The highest BCUT2D eigenvalue weighted by Gasteiger charge is 2.15. The SMILES string of the molecule is C=C(Nc1cccc(Nc2ncc(OC)c(-c3c[nH]c4ccccc34)n2)c1)c1ccc(NC(=O)/C=C/CN(C)C)cc1. The molecule has 42 heavy (non-hydrogen) atoms. The van der Waals surface area contributed by atoms with Crippen LogP contribution in [0.2, 0.25) is 0 Å². The third kappa shape index (κ3) is 6.83. The number of methoxy groups -OCH3 is 1. The lowest BCUT2D eigenvalue weighted by atomic mass is 10.1. The summed E-state index contributed by atoms with van der Waals surface area (Å²) in [5.41, 5.74) is 6.64. The molecule has 0 aliphatic carbocycles. The summed E-state index contributed by atoms with van der Waals surface area (Å²) in [7, 11) is 5.51. The van der Waals surface area contributed by atoms with Crippen molar-refractivity contribution in [3.05, 3.63) is 109 Å². The monoisotopic (exact) mass is 559 g/mol. The summed E-state index contributed by atoms with van der Waals surface area (Å²) < 4.78 is 5.57. The quantitative estimate of drug-likeness (QED) is 0.137. The summed E-state index contributed by atoms with van der Waals surface area (Å²) in [5, 5.41) is 10.6. The molecule has 0 saturated carbocycles. The first-order chi connectivity index (χ1) is 20.4. The molecule has 0 saturated heterocycles. The molecule has 0 bridgehead atoms. The van der Waals surface area contributed by atoms with E-state index >= 15 is 0 Å². The van der Waals surface area contributed by atoms with Crippen LogP contribution in [-0.4, -0.2) is 53.5 Å². The number of aromatic nitrogens is 3. The van der Waals surface area contributed by atoms with E-state index in [1.165, 1.54) is 6.08 Å². The first kappa shape index (κ1) is 28.1. The van der Waals surface area contributed by atoms with Crippen molar-refractivity contribution in [2.75, 3.05) is 43.7 Å². The Morgan fingerprint density at radius 2 is 1.79 bits per heavy atom. The molecule has 4 N–H and O–H groups in total. The molecule has 2 aromatic heterocycles. The zero-order valence-corrected chi connectivity index (χ0v) is 23.8. The van der Waals surface area contributed by atoms with Gasteiger partial charge in [-0.2, -0.15) is 0 Å². The highest BCUT2D eigenvalue weighted by atomic mass is 16.5. The van der Waals surface area contributed by atoms with Crippen LogP contribution >= 0.6 is 0 Å². The van der Waals surface area contributed by atoms with E-state index in [0.29, 0.717) is 29.6 Å². The predicted molar refractivity (Wildman–Crippen MR) is 171 cm³/mol. The molecule has 0 radical (unpaired) electrons. The average Bonchev–Trinajstić information content (AvgIpc) is 3.41. The van der Waals surface area contributed by atoms with Gasteiger partial charge in [-0.3, -0.25) is 4.79 Å². The van der Waals surface area contributed by atoms with Gasteiger partial charge in [-0.1, -0.05) is 49.1 Å². The summed E-state index contributed by atoms with van der Waals surface area (Å²) in [4.78, 5) is 26.6. The number of benzene rings is 3. The van der Waals surface area contributed by atoms with Crippen molar-refractivity contribution in [2.45, 2.75) is 0 Å². The summed E-state index contributed by atoms with van der Waals surface area (Å²) in [6, 6.07) is 23.4. The van der Waals surface area contributed by atoms with Crippen molar-refractivity contribution < 1.29 is 9.53 Å². The molecule has 2 heterocycles. The van der Waals surface area contributed by atoms with Gasteiger partial charge >= 0.3 is 0 Å². The second-order valence-electron chi connectivity index (χ2n) is 9.90. The Bertz CT molecular complexity index is 1740. The fraction of sp³-hybridized carbons (Fsp3) is 0.121. The van der Waals surface area contributed by atoms with Crippen molar-refractivity contribution in [3.8, 4) is 17.0 Å². The molecule has 0 aliphatic heterocycles. The summed E-state index contributed by atoms with van der Waals surface area (Å²) >= 11 is 0. The number of nitrogens with zero attached hydrogens (tertiary/aromatic N) is 3. The molecular formula is C33H33N7O2. The van der Waals surface area contributed by atoms with E-state index in [2.05, 4.69) is 32.5 Å². The Balaban J connectivity index is 1.26. The van der Waals surface area contributed by atoms with Crippen LogP contribution in [0, 0.1) is 0 Å². The van der Waals surface area contributed by atoms with Crippen molar-refractivity contribution in [2.24, 2.45) is 0 Å². The number of para-hydroxylation sites is 1. The standard InChI is InChI=1S/C33H33N7O2/c1-22(23-14-16-24(17-15-23)37-31(41)13-8-18-40(2)3)36-25-9-7-10-26(19-25)38-33-35-21-30(42-4)32(39-33)28-20-34-29-12-6-5-11-27(28)29/h5-17,19-21,34,36H,1,18H2,2-4H3,(H,37,41)(H,35,38,39)/b13-8+. The number of anilines is 4. The molecule has 9 heteroatoms. The highest BCUT2D eigenvalue weighted by Crippen LogP contribution is 2.34. The Morgan fingerprint density at radius 1 is 1.00 bits per heavy atom. The van der Waals surface area contributed by atoms with E-state index in [4.69, 9.17) is 9.72 Å². The average molecular weight is 560 g/mol. The van der Waals surface area contributed by atoms with E-state index in [9.17, 15) is 4.79 Å². The molecule has 0 aliphatic rings. The van der Waals surface area contributed by atoms with Crippen LogP contribution in [0.1, 0.15) is 5.56 Å². The van der Waals surface area contributed by atoms with E-state index in [1.54, 1.807) is 13.3 Å². The molecule has 0 atom stereocenters. The highest BCUT2D eigenvalue weighted by molar-refractivity contribution is 5.99. The fourth-order valence-electron chi connectivity index (χ4n) is 4.40. The van der Waals surface area contributed by atoms with Crippen LogP contribution in [0.5, 0.6) is 5.75 Å². The van der Waals surface area contributed by atoms with Crippen LogP contribution in [0.15, 0.2) is 104 Å². The molecule has 3 aromatic carbocycles. The van der Waals surface area contributed by atoms with E-state index in [0.717, 1.165) is 39.1 Å². The maximum Gasteiger partial charge on any atom is 0.248 e. The fourth-order valence-corrected chi connectivity index (χ4v) is 4.40. The van der Waals surface area contributed by atoms with E-state index in [-0.39, 0.29) is 5.91 Å². The number of carbonyl (C=O) groups is 1. The predicted octanol–water partition coefficient (Wildman–Crippen LogP) is 6.52. The number of H-pyrrole nitrogens is 1. The van der Waals surface area contributed by atoms with Crippen LogP contribution < -0.4 is 20.7 Å². The number of rotatable bonds is 11. The molecule has 0 unspecified atom stereocenters. The van der Waals surface area contributed by atoms with Crippen molar-refractivity contribution in [1.82, 2.24) is 19.9 Å². The molecule has 212 valence electrons.